The van der Waals surface area contributed by atoms with Crippen molar-refractivity contribution in [2.75, 3.05) is 5.73 Å². The van der Waals surface area contributed by atoms with Crippen LogP contribution in [0.2, 0.25) is 0 Å². The van der Waals surface area contributed by atoms with Crippen molar-refractivity contribution >= 4 is 11.6 Å². The summed E-state index contributed by atoms with van der Waals surface area (Å²) >= 11 is 0. The number of carbonyl (C=O) groups excluding carboxylic acids is 1. The summed E-state index contributed by atoms with van der Waals surface area (Å²) in [5.41, 5.74) is 11.7. The van der Waals surface area contributed by atoms with Crippen LogP contribution in [0.5, 0.6) is 5.88 Å². The molecule has 5 heteroatoms. The molecule has 2 rings (SSSR count). The molecular formula is C14H21N3O2. The number of hydrogen-bond donors (Lipinski definition) is 2. The van der Waals surface area contributed by atoms with Crippen LogP contribution in [0.25, 0.3) is 0 Å². The second kappa shape index (κ2) is 5.47. The summed E-state index contributed by atoms with van der Waals surface area (Å²) in [4.78, 5) is 15.2. The van der Waals surface area contributed by atoms with Crippen molar-refractivity contribution < 1.29 is 9.53 Å². The number of carbonyl (C=O) groups is 1. The zero-order valence-corrected chi connectivity index (χ0v) is 11.4. The number of amides is 1. The topological polar surface area (TPSA) is 91.2 Å². The fraction of sp³-hybridized carbons (Fsp3) is 0.571. The fourth-order valence-electron chi connectivity index (χ4n) is 2.45. The van der Waals surface area contributed by atoms with Gasteiger partial charge >= 0.3 is 0 Å². The van der Waals surface area contributed by atoms with E-state index in [4.69, 9.17) is 16.2 Å². The molecule has 104 valence electrons. The van der Waals surface area contributed by atoms with Gasteiger partial charge in [-0.3, -0.25) is 4.79 Å². The third-order valence-electron chi connectivity index (χ3n) is 3.97. The van der Waals surface area contributed by atoms with E-state index >= 15 is 0 Å². The van der Waals surface area contributed by atoms with Gasteiger partial charge in [-0.25, -0.2) is 4.98 Å². The van der Waals surface area contributed by atoms with Gasteiger partial charge in [0.1, 0.15) is 11.8 Å². The van der Waals surface area contributed by atoms with Crippen LogP contribution < -0.4 is 16.2 Å². The maximum atomic E-state index is 11.1. The lowest BCUT2D eigenvalue weighted by atomic mass is 9.80. The number of nitrogens with zero attached hydrogens (tertiary/aromatic N) is 1. The smallest absolute Gasteiger partial charge is 0.267 e. The van der Waals surface area contributed by atoms with E-state index in [2.05, 4.69) is 18.8 Å². The number of primary amides is 1. The highest BCUT2D eigenvalue weighted by Crippen LogP contribution is 2.32. The zero-order chi connectivity index (χ0) is 14.0. The van der Waals surface area contributed by atoms with Crippen LogP contribution in [-0.2, 0) is 0 Å². The summed E-state index contributed by atoms with van der Waals surface area (Å²) in [6, 6.07) is 3.12. The number of rotatable bonds is 3. The molecule has 0 bridgehead atoms. The minimum atomic E-state index is -0.574. The molecule has 1 fully saturated rings. The van der Waals surface area contributed by atoms with Crippen molar-refractivity contribution in [1.82, 2.24) is 4.98 Å². The number of ether oxygens (including phenoxy) is 1. The van der Waals surface area contributed by atoms with E-state index in [9.17, 15) is 4.79 Å². The van der Waals surface area contributed by atoms with Crippen LogP contribution in [0.15, 0.2) is 12.1 Å². The Balaban J connectivity index is 2.10. The van der Waals surface area contributed by atoms with Crippen LogP contribution in [0.4, 0.5) is 5.69 Å². The highest BCUT2D eigenvalue weighted by atomic mass is 16.5. The minimum Gasteiger partial charge on any atom is -0.473 e. The molecule has 0 aliphatic heterocycles. The number of anilines is 1. The van der Waals surface area contributed by atoms with Gasteiger partial charge in [-0.05, 0) is 43.2 Å². The Labute approximate surface area is 113 Å². The molecule has 4 N–H and O–H groups in total. The Morgan fingerprint density at radius 3 is 2.68 bits per heavy atom. The van der Waals surface area contributed by atoms with Gasteiger partial charge in [0, 0.05) is 0 Å². The molecule has 1 saturated carbocycles. The van der Waals surface area contributed by atoms with E-state index < -0.39 is 5.91 Å². The summed E-state index contributed by atoms with van der Waals surface area (Å²) in [5, 5.41) is 0. The highest BCUT2D eigenvalue weighted by Gasteiger charge is 2.26. The molecule has 1 amide bonds. The Morgan fingerprint density at radius 1 is 1.32 bits per heavy atom. The van der Waals surface area contributed by atoms with Gasteiger partial charge in [-0.1, -0.05) is 13.8 Å². The molecular weight excluding hydrogens is 242 g/mol. The molecule has 0 radical (unpaired) electrons. The number of nitrogen functional groups attached to an aromatic ring is 1. The van der Waals surface area contributed by atoms with Gasteiger partial charge in [0.15, 0.2) is 0 Å². The molecule has 0 spiro atoms. The Kier molecular flexibility index (Phi) is 3.93. The van der Waals surface area contributed by atoms with Crippen molar-refractivity contribution in [2.45, 2.75) is 39.2 Å². The number of pyridine rings is 1. The molecule has 1 heterocycles. The molecule has 3 unspecified atom stereocenters. The Morgan fingerprint density at radius 2 is 2.05 bits per heavy atom. The van der Waals surface area contributed by atoms with Crippen molar-refractivity contribution in [3.05, 3.63) is 17.8 Å². The fourth-order valence-corrected chi connectivity index (χ4v) is 2.45. The van der Waals surface area contributed by atoms with Gasteiger partial charge in [-0.15, -0.1) is 0 Å². The summed E-state index contributed by atoms with van der Waals surface area (Å²) in [5.74, 6) is 1.10. The second-order valence-electron chi connectivity index (χ2n) is 5.46. The quantitative estimate of drug-likeness (QED) is 0.872. The third-order valence-corrected chi connectivity index (χ3v) is 3.97. The molecule has 3 atom stereocenters. The van der Waals surface area contributed by atoms with Crippen molar-refractivity contribution in [3.63, 3.8) is 0 Å². The minimum absolute atomic E-state index is 0.115. The summed E-state index contributed by atoms with van der Waals surface area (Å²) in [6.07, 6.45) is 3.24. The standard InChI is InChI=1S/C14H21N3O2/c1-8-3-4-10(7-9(8)2)19-14-11(15)5-6-12(17-14)13(16)18/h5-6,8-10H,3-4,7,15H2,1-2H3,(H2,16,18). The van der Waals surface area contributed by atoms with Crippen molar-refractivity contribution in [3.8, 4) is 5.88 Å². The van der Waals surface area contributed by atoms with E-state index in [-0.39, 0.29) is 11.8 Å². The van der Waals surface area contributed by atoms with E-state index in [0.717, 1.165) is 25.2 Å². The molecule has 5 nitrogen and oxygen atoms in total. The largest absolute Gasteiger partial charge is 0.473 e. The normalized spacial score (nSPS) is 26.9. The number of hydrogen-bond acceptors (Lipinski definition) is 4. The van der Waals surface area contributed by atoms with Gasteiger partial charge in [-0.2, -0.15) is 0 Å². The van der Waals surface area contributed by atoms with Gasteiger partial charge < -0.3 is 16.2 Å². The maximum absolute atomic E-state index is 11.1. The van der Waals surface area contributed by atoms with Gasteiger partial charge in [0.05, 0.1) is 5.69 Å². The molecule has 1 aromatic heterocycles. The number of aromatic nitrogens is 1. The average Bonchev–Trinajstić information content (AvgIpc) is 2.36. The molecule has 1 aliphatic rings. The summed E-state index contributed by atoms with van der Waals surface area (Å²) in [7, 11) is 0. The van der Waals surface area contributed by atoms with E-state index in [0.29, 0.717) is 17.5 Å². The molecule has 19 heavy (non-hydrogen) atoms. The zero-order valence-electron chi connectivity index (χ0n) is 11.4. The average molecular weight is 263 g/mol. The van der Waals surface area contributed by atoms with Gasteiger partial charge in [0.2, 0.25) is 5.88 Å². The monoisotopic (exact) mass is 263 g/mol. The van der Waals surface area contributed by atoms with Crippen molar-refractivity contribution in [2.24, 2.45) is 17.6 Å². The SMILES string of the molecule is CC1CCC(Oc2nc(C(N)=O)ccc2N)CC1C. The Bertz CT molecular complexity index is 476. The predicted molar refractivity (Wildman–Crippen MR) is 73.8 cm³/mol. The first kappa shape index (κ1) is 13.6. The van der Waals surface area contributed by atoms with Gasteiger partial charge in [0.25, 0.3) is 5.91 Å². The van der Waals surface area contributed by atoms with E-state index in [1.54, 1.807) is 6.07 Å². The maximum Gasteiger partial charge on any atom is 0.267 e. The first-order chi connectivity index (χ1) is 8.97. The van der Waals surface area contributed by atoms with Crippen molar-refractivity contribution in [1.29, 1.82) is 0 Å². The summed E-state index contributed by atoms with van der Waals surface area (Å²) < 4.78 is 5.85. The lowest BCUT2D eigenvalue weighted by molar-refractivity contribution is 0.0944. The second-order valence-corrected chi connectivity index (χ2v) is 5.46. The molecule has 0 aromatic carbocycles. The third kappa shape index (κ3) is 3.16. The molecule has 1 aliphatic carbocycles. The van der Waals surface area contributed by atoms with Crippen LogP contribution >= 0.6 is 0 Å². The lowest BCUT2D eigenvalue weighted by Crippen LogP contribution is -2.29. The summed E-state index contributed by atoms with van der Waals surface area (Å²) in [6.45, 7) is 4.50. The van der Waals surface area contributed by atoms with E-state index in [1.165, 1.54) is 6.07 Å². The number of nitrogens with two attached hydrogens (primary N) is 2. The van der Waals surface area contributed by atoms with Crippen LogP contribution in [0, 0.1) is 11.8 Å². The van der Waals surface area contributed by atoms with Crippen LogP contribution in [0.3, 0.4) is 0 Å². The lowest BCUT2D eigenvalue weighted by Gasteiger charge is -2.32. The Hall–Kier alpha value is -1.78. The molecule has 0 saturated heterocycles. The first-order valence-electron chi connectivity index (χ1n) is 6.70. The van der Waals surface area contributed by atoms with Crippen LogP contribution in [0.1, 0.15) is 43.6 Å². The van der Waals surface area contributed by atoms with Crippen LogP contribution in [-0.4, -0.2) is 17.0 Å². The highest BCUT2D eigenvalue weighted by molar-refractivity contribution is 5.91. The predicted octanol–water partition coefficient (Wildman–Crippen LogP) is 1.97. The van der Waals surface area contributed by atoms with E-state index in [1.807, 2.05) is 0 Å². The molecule has 1 aromatic rings. The first-order valence-corrected chi connectivity index (χ1v) is 6.70.